The molecular weight excluding hydrogens is 313 g/mol. The lowest BCUT2D eigenvalue weighted by atomic mass is 9.83. The van der Waals surface area contributed by atoms with E-state index in [9.17, 15) is 22.8 Å². The highest BCUT2D eigenvalue weighted by Gasteiger charge is 2.44. The van der Waals surface area contributed by atoms with Crippen LogP contribution >= 0.6 is 0 Å². The van der Waals surface area contributed by atoms with Gasteiger partial charge in [-0.15, -0.1) is 0 Å². The molecule has 128 valence electrons. The van der Waals surface area contributed by atoms with E-state index in [2.05, 4.69) is 0 Å². The van der Waals surface area contributed by atoms with Crippen molar-refractivity contribution in [1.82, 2.24) is 0 Å². The summed E-state index contributed by atoms with van der Waals surface area (Å²) in [5, 5.41) is 0. The van der Waals surface area contributed by atoms with Crippen LogP contribution in [-0.2, 0) is 31.7 Å². The van der Waals surface area contributed by atoms with Gasteiger partial charge in [-0.25, -0.2) is 0 Å². The van der Waals surface area contributed by atoms with Crippen LogP contribution in [0.1, 0.15) is 31.9 Å². The van der Waals surface area contributed by atoms with Crippen molar-refractivity contribution in [1.29, 1.82) is 0 Å². The number of benzene rings is 1. The number of esters is 2. The second-order valence-corrected chi connectivity index (χ2v) is 5.15. The van der Waals surface area contributed by atoms with Crippen LogP contribution in [0.25, 0.3) is 0 Å². The predicted octanol–water partition coefficient (Wildman–Crippen LogP) is 3.38. The summed E-state index contributed by atoms with van der Waals surface area (Å²) in [6, 6.07) is 4.49. The third-order valence-corrected chi connectivity index (χ3v) is 3.26. The first-order valence-electron chi connectivity index (χ1n) is 7.15. The smallest absolute Gasteiger partial charge is 0.416 e. The lowest BCUT2D eigenvalue weighted by molar-refractivity contribution is -0.170. The van der Waals surface area contributed by atoms with Gasteiger partial charge in [0.25, 0.3) is 0 Å². The van der Waals surface area contributed by atoms with Gasteiger partial charge < -0.3 is 9.47 Å². The van der Waals surface area contributed by atoms with Crippen molar-refractivity contribution in [2.45, 2.75) is 33.4 Å². The second-order valence-electron chi connectivity index (χ2n) is 5.15. The van der Waals surface area contributed by atoms with Crippen LogP contribution in [0.15, 0.2) is 24.3 Å². The van der Waals surface area contributed by atoms with Crippen molar-refractivity contribution in [3.05, 3.63) is 35.4 Å². The summed E-state index contributed by atoms with van der Waals surface area (Å²) in [5.41, 5.74) is -2.34. The van der Waals surface area contributed by atoms with Crippen molar-refractivity contribution < 1.29 is 32.2 Å². The molecule has 1 aromatic rings. The molecule has 7 heteroatoms. The van der Waals surface area contributed by atoms with Gasteiger partial charge in [-0.1, -0.05) is 18.2 Å². The number of alkyl halides is 3. The third kappa shape index (κ3) is 4.71. The minimum Gasteiger partial charge on any atom is -0.465 e. The number of carbonyl (C=O) groups is 2. The maximum absolute atomic E-state index is 12.8. The minimum absolute atomic E-state index is 0.0520. The summed E-state index contributed by atoms with van der Waals surface area (Å²) in [5.74, 6) is -1.65. The fourth-order valence-electron chi connectivity index (χ4n) is 2.07. The Morgan fingerprint density at radius 3 is 2.00 bits per heavy atom. The monoisotopic (exact) mass is 332 g/mol. The number of halogens is 3. The molecule has 1 rings (SSSR count). The van der Waals surface area contributed by atoms with E-state index in [0.29, 0.717) is 0 Å². The molecule has 0 atom stereocenters. The molecule has 0 spiro atoms. The van der Waals surface area contributed by atoms with Crippen molar-refractivity contribution >= 4 is 11.9 Å². The van der Waals surface area contributed by atoms with E-state index >= 15 is 0 Å². The summed E-state index contributed by atoms with van der Waals surface area (Å²) >= 11 is 0. The maximum atomic E-state index is 12.8. The highest BCUT2D eigenvalue weighted by atomic mass is 19.4. The van der Waals surface area contributed by atoms with Crippen LogP contribution in [-0.4, -0.2) is 25.2 Å². The van der Waals surface area contributed by atoms with Crippen LogP contribution < -0.4 is 0 Å². The molecular formula is C16H19F3O4. The van der Waals surface area contributed by atoms with Crippen LogP contribution in [0.4, 0.5) is 13.2 Å². The van der Waals surface area contributed by atoms with E-state index < -0.39 is 29.1 Å². The van der Waals surface area contributed by atoms with Crippen molar-refractivity contribution in [2.24, 2.45) is 5.41 Å². The van der Waals surface area contributed by atoms with Crippen molar-refractivity contribution in [3.63, 3.8) is 0 Å². The number of hydrogen-bond acceptors (Lipinski definition) is 4. The van der Waals surface area contributed by atoms with Gasteiger partial charge in [0.1, 0.15) is 0 Å². The molecule has 0 N–H and O–H groups in total. The maximum Gasteiger partial charge on any atom is 0.416 e. The Labute approximate surface area is 132 Å². The first-order valence-corrected chi connectivity index (χ1v) is 7.15. The number of carbonyl (C=O) groups excluding carboxylic acids is 2. The zero-order chi connectivity index (χ0) is 17.7. The molecule has 0 heterocycles. The zero-order valence-corrected chi connectivity index (χ0v) is 13.2. The number of ether oxygens (including phenoxy) is 2. The van der Waals surface area contributed by atoms with Gasteiger partial charge in [-0.3, -0.25) is 9.59 Å². The SMILES string of the molecule is CCOC(=O)C(C)(Cc1cccc(C(F)(F)F)c1)C(=O)OCC. The Hall–Kier alpha value is -2.05. The van der Waals surface area contributed by atoms with E-state index in [1.165, 1.54) is 19.1 Å². The van der Waals surface area contributed by atoms with Gasteiger partial charge in [0.2, 0.25) is 0 Å². The average Bonchev–Trinajstić information content (AvgIpc) is 2.47. The lowest BCUT2D eigenvalue weighted by Crippen LogP contribution is -2.41. The first-order chi connectivity index (χ1) is 10.6. The van der Waals surface area contributed by atoms with Crippen LogP contribution in [0.2, 0.25) is 0 Å². The summed E-state index contributed by atoms with van der Waals surface area (Å²) in [7, 11) is 0. The highest BCUT2D eigenvalue weighted by Crippen LogP contribution is 2.32. The largest absolute Gasteiger partial charge is 0.465 e. The lowest BCUT2D eigenvalue weighted by Gasteiger charge is -2.25. The Morgan fingerprint density at radius 2 is 1.57 bits per heavy atom. The predicted molar refractivity (Wildman–Crippen MR) is 76.5 cm³/mol. The van der Waals surface area contributed by atoms with Gasteiger partial charge in [0, 0.05) is 0 Å². The summed E-state index contributed by atoms with van der Waals surface area (Å²) < 4.78 is 48.1. The molecule has 1 aromatic carbocycles. The molecule has 0 aliphatic rings. The van der Waals surface area contributed by atoms with Gasteiger partial charge in [-0.2, -0.15) is 13.2 Å². The average molecular weight is 332 g/mol. The van der Waals surface area contributed by atoms with E-state index in [0.717, 1.165) is 12.1 Å². The molecule has 0 fully saturated rings. The standard InChI is InChI=1S/C16H19F3O4/c1-4-22-13(20)15(3,14(21)23-5-2)10-11-7-6-8-12(9-11)16(17,18)19/h6-9H,4-5,10H2,1-3H3. The summed E-state index contributed by atoms with van der Waals surface area (Å²) in [4.78, 5) is 24.2. The molecule has 0 saturated heterocycles. The molecule has 0 amide bonds. The first kappa shape index (κ1) is 19.0. The van der Waals surface area contributed by atoms with E-state index in [4.69, 9.17) is 9.47 Å². The molecule has 0 unspecified atom stereocenters. The molecule has 0 aliphatic heterocycles. The van der Waals surface area contributed by atoms with E-state index in [-0.39, 0.29) is 25.2 Å². The fraction of sp³-hybridized carbons (Fsp3) is 0.500. The topological polar surface area (TPSA) is 52.6 Å². The van der Waals surface area contributed by atoms with Crippen molar-refractivity contribution in [2.75, 3.05) is 13.2 Å². The molecule has 0 aliphatic carbocycles. The Kier molecular flexibility index (Phi) is 6.18. The van der Waals surface area contributed by atoms with Gasteiger partial charge in [0.05, 0.1) is 18.8 Å². The molecule has 23 heavy (non-hydrogen) atoms. The number of rotatable bonds is 6. The normalized spacial score (nSPS) is 11.9. The summed E-state index contributed by atoms with van der Waals surface area (Å²) in [6.45, 7) is 4.57. The Morgan fingerprint density at radius 1 is 1.04 bits per heavy atom. The van der Waals surface area contributed by atoms with Crippen LogP contribution in [0.3, 0.4) is 0 Å². The van der Waals surface area contributed by atoms with Crippen LogP contribution in [0.5, 0.6) is 0 Å². The highest BCUT2D eigenvalue weighted by molar-refractivity contribution is 5.99. The third-order valence-electron chi connectivity index (χ3n) is 3.26. The van der Waals surface area contributed by atoms with Gasteiger partial charge in [-0.05, 0) is 38.8 Å². The summed E-state index contributed by atoms with van der Waals surface area (Å²) in [6.07, 6.45) is -4.74. The number of hydrogen-bond donors (Lipinski definition) is 0. The molecule has 4 nitrogen and oxygen atoms in total. The van der Waals surface area contributed by atoms with Crippen LogP contribution in [0, 0.1) is 5.41 Å². The fourth-order valence-corrected chi connectivity index (χ4v) is 2.07. The molecule has 0 radical (unpaired) electrons. The van der Waals surface area contributed by atoms with E-state index in [1.54, 1.807) is 13.8 Å². The van der Waals surface area contributed by atoms with Gasteiger partial charge in [0.15, 0.2) is 5.41 Å². The second kappa shape index (κ2) is 7.48. The minimum atomic E-state index is -4.50. The van der Waals surface area contributed by atoms with Crippen molar-refractivity contribution in [3.8, 4) is 0 Å². The zero-order valence-electron chi connectivity index (χ0n) is 13.2. The molecule has 0 aromatic heterocycles. The van der Waals surface area contributed by atoms with E-state index in [1.807, 2.05) is 0 Å². The van der Waals surface area contributed by atoms with Gasteiger partial charge >= 0.3 is 18.1 Å². The molecule has 0 saturated carbocycles. The molecule has 0 bridgehead atoms. The Bertz CT molecular complexity index is 549. The quantitative estimate of drug-likeness (QED) is 0.592. The Balaban J connectivity index is 3.15.